The number of aromatic nitrogens is 3. The van der Waals surface area contributed by atoms with Crippen molar-refractivity contribution in [3.05, 3.63) is 12.7 Å². The van der Waals surface area contributed by atoms with E-state index in [-0.39, 0.29) is 24.2 Å². The van der Waals surface area contributed by atoms with Gasteiger partial charge in [0.15, 0.2) is 0 Å². The number of rotatable bonds is 6. The maximum atomic E-state index is 12.3. The van der Waals surface area contributed by atoms with Gasteiger partial charge in [0.1, 0.15) is 12.7 Å². The molecule has 2 aliphatic heterocycles. The van der Waals surface area contributed by atoms with Gasteiger partial charge in [-0.3, -0.25) is 14.4 Å². The quantitative estimate of drug-likeness (QED) is 0.771. The molecule has 0 aromatic carbocycles. The van der Waals surface area contributed by atoms with Crippen LogP contribution in [0.2, 0.25) is 0 Å². The van der Waals surface area contributed by atoms with Gasteiger partial charge < -0.3 is 14.8 Å². The van der Waals surface area contributed by atoms with Crippen molar-refractivity contribution in [3.63, 3.8) is 0 Å². The smallest absolute Gasteiger partial charge is 0.237 e. The highest BCUT2D eigenvalue weighted by molar-refractivity contribution is 5.81. The molecule has 0 spiro atoms. The Labute approximate surface area is 136 Å². The first-order chi connectivity index (χ1) is 11.2. The number of morpholine rings is 1. The fourth-order valence-electron chi connectivity index (χ4n) is 3.07. The number of nitrogens with zero attached hydrogens (tertiary/aromatic N) is 4. The molecule has 1 aromatic rings. The molecule has 128 valence electrons. The molecule has 23 heavy (non-hydrogen) atoms. The van der Waals surface area contributed by atoms with Crippen molar-refractivity contribution in [2.75, 3.05) is 32.8 Å². The Hall–Kier alpha value is -1.51. The molecule has 8 heteroatoms. The van der Waals surface area contributed by atoms with E-state index in [1.807, 2.05) is 6.92 Å². The third-order valence-corrected chi connectivity index (χ3v) is 4.48. The SMILES string of the molecule is C[C@H](C(=O)NC[C@H]1CCCO1)N1CCO[C@@H](Cn2cncn2)C1. The van der Waals surface area contributed by atoms with Gasteiger partial charge in [-0.2, -0.15) is 5.10 Å². The fourth-order valence-corrected chi connectivity index (χ4v) is 3.07. The first kappa shape index (κ1) is 16.4. The average molecular weight is 323 g/mol. The van der Waals surface area contributed by atoms with Crippen LogP contribution in [0.25, 0.3) is 0 Å². The summed E-state index contributed by atoms with van der Waals surface area (Å²) < 4.78 is 13.1. The second kappa shape index (κ2) is 7.85. The summed E-state index contributed by atoms with van der Waals surface area (Å²) >= 11 is 0. The third kappa shape index (κ3) is 4.49. The number of ether oxygens (including phenoxy) is 2. The molecule has 3 atom stereocenters. The predicted octanol–water partition coefficient (Wildman–Crippen LogP) is -0.337. The van der Waals surface area contributed by atoms with E-state index < -0.39 is 0 Å². The average Bonchev–Trinajstić information content (AvgIpc) is 3.25. The molecule has 0 radical (unpaired) electrons. The molecule has 1 N–H and O–H groups in total. The normalized spacial score (nSPS) is 27.0. The Bertz CT molecular complexity index is 489. The van der Waals surface area contributed by atoms with Crippen molar-refractivity contribution in [1.82, 2.24) is 25.0 Å². The maximum absolute atomic E-state index is 12.3. The zero-order chi connectivity index (χ0) is 16.1. The highest BCUT2D eigenvalue weighted by Gasteiger charge is 2.28. The second-order valence-electron chi connectivity index (χ2n) is 6.16. The standard InChI is InChI=1S/C15H25N5O3/c1-12(15(21)17-7-13-3-2-5-22-13)19-4-6-23-14(8-19)9-20-11-16-10-18-20/h10-14H,2-9H2,1H3,(H,17,21)/t12-,13-,14-/m1/s1. The van der Waals surface area contributed by atoms with Crippen LogP contribution >= 0.6 is 0 Å². The van der Waals surface area contributed by atoms with E-state index in [1.54, 1.807) is 11.0 Å². The Morgan fingerprint density at radius 3 is 3.00 bits per heavy atom. The molecule has 3 rings (SSSR count). The highest BCUT2D eigenvalue weighted by atomic mass is 16.5. The summed E-state index contributed by atoms with van der Waals surface area (Å²) in [6, 6.07) is -0.168. The number of carbonyl (C=O) groups is 1. The number of amides is 1. The van der Waals surface area contributed by atoms with Crippen LogP contribution in [0.1, 0.15) is 19.8 Å². The van der Waals surface area contributed by atoms with Crippen LogP contribution in [0, 0.1) is 0 Å². The molecule has 0 saturated carbocycles. The number of carbonyl (C=O) groups excluding carboxylic acids is 1. The Balaban J connectivity index is 1.45. The topological polar surface area (TPSA) is 81.5 Å². The Morgan fingerprint density at radius 1 is 1.39 bits per heavy atom. The molecule has 0 unspecified atom stereocenters. The molecule has 2 saturated heterocycles. The van der Waals surface area contributed by atoms with Gasteiger partial charge in [0.05, 0.1) is 31.4 Å². The van der Waals surface area contributed by atoms with Gasteiger partial charge in [-0.05, 0) is 19.8 Å². The van der Waals surface area contributed by atoms with Crippen LogP contribution in [0.5, 0.6) is 0 Å². The minimum Gasteiger partial charge on any atom is -0.376 e. The van der Waals surface area contributed by atoms with Crippen molar-refractivity contribution in [1.29, 1.82) is 0 Å². The van der Waals surface area contributed by atoms with Gasteiger partial charge >= 0.3 is 0 Å². The van der Waals surface area contributed by atoms with E-state index in [4.69, 9.17) is 9.47 Å². The van der Waals surface area contributed by atoms with Crippen LogP contribution in [0.4, 0.5) is 0 Å². The summed E-state index contributed by atoms with van der Waals surface area (Å²) in [5.41, 5.74) is 0. The minimum absolute atomic E-state index is 0.0267. The largest absolute Gasteiger partial charge is 0.376 e. The van der Waals surface area contributed by atoms with E-state index in [9.17, 15) is 4.79 Å². The molecule has 3 heterocycles. The van der Waals surface area contributed by atoms with Crippen molar-refractivity contribution >= 4 is 5.91 Å². The van der Waals surface area contributed by atoms with E-state index in [2.05, 4.69) is 20.3 Å². The van der Waals surface area contributed by atoms with E-state index in [0.29, 0.717) is 26.2 Å². The number of hydrogen-bond acceptors (Lipinski definition) is 6. The lowest BCUT2D eigenvalue weighted by Gasteiger charge is -2.36. The predicted molar refractivity (Wildman–Crippen MR) is 82.8 cm³/mol. The number of nitrogens with one attached hydrogen (secondary N) is 1. The van der Waals surface area contributed by atoms with E-state index in [1.165, 1.54) is 6.33 Å². The van der Waals surface area contributed by atoms with E-state index in [0.717, 1.165) is 26.0 Å². The molecule has 2 aliphatic rings. The maximum Gasteiger partial charge on any atom is 0.237 e. The fraction of sp³-hybridized carbons (Fsp3) is 0.800. The summed E-state index contributed by atoms with van der Waals surface area (Å²) in [5.74, 6) is 0.0573. The first-order valence-electron chi connectivity index (χ1n) is 8.30. The van der Waals surface area contributed by atoms with Gasteiger partial charge in [-0.1, -0.05) is 0 Å². The van der Waals surface area contributed by atoms with Crippen LogP contribution < -0.4 is 5.32 Å². The summed E-state index contributed by atoms with van der Waals surface area (Å²) in [6.45, 7) is 6.13. The molecular weight excluding hydrogens is 298 g/mol. The van der Waals surface area contributed by atoms with Crippen LogP contribution in [0.3, 0.4) is 0 Å². The second-order valence-corrected chi connectivity index (χ2v) is 6.16. The molecule has 0 bridgehead atoms. The Kier molecular flexibility index (Phi) is 5.58. The van der Waals surface area contributed by atoms with Crippen LogP contribution in [-0.2, 0) is 20.8 Å². The first-order valence-corrected chi connectivity index (χ1v) is 8.30. The monoisotopic (exact) mass is 323 g/mol. The van der Waals surface area contributed by atoms with Crippen LogP contribution in [-0.4, -0.2) is 76.7 Å². The van der Waals surface area contributed by atoms with Crippen molar-refractivity contribution < 1.29 is 14.3 Å². The lowest BCUT2D eigenvalue weighted by Crippen LogP contribution is -2.53. The van der Waals surface area contributed by atoms with Gasteiger partial charge in [-0.15, -0.1) is 0 Å². The minimum atomic E-state index is -0.168. The molecular formula is C15H25N5O3. The third-order valence-electron chi connectivity index (χ3n) is 4.48. The molecule has 0 aliphatic carbocycles. The summed E-state index contributed by atoms with van der Waals surface area (Å²) in [5, 5.41) is 7.11. The molecule has 1 aromatic heterocycles. The molecule has 1 amide bonds. The zero-order valence-corrected chi connectivity index (χ0v) is 13.6. The lowest BCUT2D eigenvalue weighted by atomic mass is 10.2. The van der Waals surface area contributed by atoms with Gasteiger partial charge in [0.2, 0.25) is 5.91 Å². The molecule has 8 nitrogen and oxygen atoms in total. The van der Waals surface area contributed by atoms with Gasteiger partial charge in [0.25, 0.3) is 0 Å². The molecule has 2 fully saturated rings. The van der Waals surface area contributed by atoms with Crippen LogP contribution in [0.15, 0.2) is 12.7 Å². The summed E-state index contributed by atoms with van der Waals surface area (Å²) in [6.07, 6.45) is 5.52. The number of hydrogen-bond donors (Lipinski definition) is 1. The van der Waals surface area contributed by atoms with Gasteiger partial charge in [-0.25, -0.2) is 4.98 Å². The van der Waals surface area contributed by atoms with Crippen molar-refractivity contribution in [2.45, 2.75) is 44.6 Å². The van der Waals surface area contributed by atoms with E-state index >= 15 is 0 Å². The van der Waals surface area contributed by atoms with Crippen molar-refractivity contribution in [2.24, 2.45) is 0 Å². The summed E-state index contributed by atoms with van der Waals surface area (Å²) in [4.78, 5) is 18.4. The van der Waals surface area contributed by atoms with Gasteiger partial charge in [0, 0.05) is 26.2 Å². The summed E-state index contributed by atoms with van der Waals surface area (Å²) in [7, 11) is 0. The highest BCUT2D eigenvalue weighted by Crippen LogP contribution is 2.12. The zero-order valence-electron chi connectivity index (χ0n) is 13.6. The van der Waals surface area contributed by atoms with Crippen molar-refractivity contribution in [3.8, 4) is 0 Å². The Morgan fingerprint density at radius 2 is 2.26 bits per heavy atom. The lowest BCUT2D eigenvalue weighted by molar-refractivity contribution is -0.130.